The van der Waals surface area contributed by atoms with Crippen molar-refractivity contribution < 1.29 is 14.0 Å². The number of nitrogens with one attached hydrogen (secondary N) is 1. The van der Waals surface area contributed by atoms with Crippen molar-refractivity contribution in [1.29, 1.82) is 0 Å². The molecule has 1 heterocycles. The van der Waals surface area contributed by atoms with Gasteiger partial charge in [-0.3, -0.25) is 9.59 Å². The molecule has 0 unspecified atom stereocenters. The summed E-state index contributed by atoms with van der Waals surface area (Å²) in [6.45, 7) is 1.49. The molecule has 1 N–H and O–H groups in total. The number of oxazole rings is 1. The van der Waals surface area contributed by atoms with Crippen molar-refractivity contribution in [1.82, 2.24) is 4.98 Å². The van der Waals surface area contributed by atoms with Crippen LogP contribution in [0.5, 0.6) is 0 Å². The summed E-state index contributed by atoms with van der Waals surface area (Å²) in [5, 5.41) is 3.19. The third-order valence-electron chi connectivity index (χ3n) is 3.47. The van der Waals surface area contributed by atoms with E-state index in [1.165, 1.54) is 18.7 Å². The Kier molecular flexibility index (Phi) is 5.90. The quantitative estimate of drug-likeness (QED) is 0.438. The molecule has 3 aromatic rings. The number of hydrogen-bond donors (Lipinski definition) is 1. The van der Waals surface area contributed by atoms with E-state index < -0.39 is 0 Å². The summed E-state index contributed by atoms with van der Waals surface area (Å²) in [4.78, 5) is 27.7. The normalized spacial score (nSPS) is 10.5. The summed E-state index contributed by atoms with van der Waals surface area (Å²) in [6.07, 6.45) is 1.64. The number of amides is 1. The number of aromatic nitrogens is 1. The minimum atomic E-state index is -0.196. The molecule has 1 amide bonds. The number of ketones is 1. The maximum absolute atomic E-state index is 12.1. The maximum atomic E-state index is 12.1. The molecule has 7 heteroatoms. The standard InChI is InChI=1S/C19H15BrN2O3S/c1-12(23)13-4-3-7-16(9-13)22-18(24)11-26-19-21-10-17(25-19)14-5-2-6-15(20)8-14/h2-10H,11H2,1H3,(H,22,24). The van der Waals surface area contributed by atoms with E-state index >= 15 is 0 Å². The van der Waals surface area contributed by atoms with Gasteiger partial charge in [-0.05, 0) is 31.2 Å². The van der Waals surface area contributed by atoms with Crippen LogP contribution in [0.15, 0.2) is 68.8 Å². The Balaban J connectivity index is 1.58. The van der Waals surface area contributed by atoms with Gasteiger partial charge in [-0.1, -0.05) is 52.0 Å². The molecule has 0 saturated carbocycles. The van der Waals surface area contributed by atoms with E-state index in [0.29, 0.717) is 22.2 Å². The number of benzene rings is 2. The van der Waals surface area contributed by atoms with Gasteiger partial charge in [0.2, 0.25) is 5.91 Å². The molecule has 0 spiro atoms. The van der Waals surface area contributed by atoms with Crippen LogP contribution in [-0.4, -0.2) is 22.4 Å². The number of hydrogen-bond acceptors (Lipinski definition) is 5. The average molecular weight is 431 g/mol. The zero-order valence-electron chi connectivity index (χ0n) is 13.9. The molecule has 0 saturated heterocycles. The van der Waals surface area contributed by atoms with E-state index in [4.69, 9.17) is 4.42 Å². The van der Waals surface area contributed by atoms with E-state index in [2.05, 4.69) is 26.2 Å². The van der Waals surface area contributed by atoms with Gasteiger partial charge in [0.15, 0.2) is 11.5 Å². The highest BCUT2D eigenvalue weighted by Crippen LogP contribution is 2.27. The number of nitrogens with zero attached hydrogens (tertiary/aromatic N) is 1. The lowest BCUT2D eigenvalue weighted by Crippen LogP contribution is -2.14. The summed E-state index contributed by atoms with van der Waals surface area (Å²) in [7, 11) is 0. The van der Waals surface area contributed by atoms with Crippen LogP contribution in [0.3, 0.4) is 0 Å². The van der Waals surface area contributed by atoms with Crippen molar-refractivity contribution >= 4 is 45.1 Å². The highest BCUT2D eigenvalue weighted by molar-refractivity contribution is 9.10. The molecular weight excluding hydrogens is 416 g/mol. The van der Waals surface area contributed by atoms with Crippen molar-refractivity contribution in [2.75, 3.05) is 11.1 Å². The number of rotatable bonds is 6. The molecular formula is C19H15BrN2O3S. The van der Waals surface area contributed by atoms with Crippen LogP contribution in [0.25, 0.3) is 11.3 Å². The Morgan fingerprint density at radius 1 is 1.19 bits per heavy atom. The second-order valence-corrected chi connectivity index (χ2v) is 7.32. The third kappa shape index (κ3) is 4.83. The van der Waals surface area contributed by atoms with Gasteiger partial charge in [0, 0.05) is 21.3 Å². The lowest BCUT2D eigenvalue weighted by Gasteiger charge is -2.05. The van der Waals surface area contributed by atoms with Crippen molar-refractivity contribution in [2.24, 2.45) is 0 Å². The van der Waals surface area contributed by atoms with Crippen LogP contribution in [-0.2, 0) is 4.79 Å². The summed E-state index contributed by atoms with van der Waals surface area (Å²) in [6, 6.07) is 14.5. The Hall–Kier alpha value is -2.38. The van der Waals surface area contributed by atoms with Crippen molar-refractivity contribution in [2.45, 2.75) is 12.1 Å². The molecule has 0 radical (unpaired) electrons. The van der Waals surface area contributed by atoms with E-state index in [0.717, 1.165) is 10.0 Å². The summed E-state index contributed by atoms with van der Waals surface area (Å²) in [5.41, 5.74) is 2.05. The Labute approximate surface area is 163 Å². The minimum Gasteiger partial charge on any atom is -0.431 e. The Morgan fingerprint density at radius 3 is 2.77 bits per heavy atom. The van der Waals surface area contributed by atoms with E-state index in [-0.39, 0.29) is 17.4 Å². The average Bonchev–Trinajstić information content (AvgIpc) is 3.09. The molecule has 132 valence electrons. The number of thioether (sulfide) groups is 1. The van der Waals surface area contributed by atoms with Gasteiger partial charge in [-0.15, -0.1) is 0 Å². The van der Waals surface area contributed by atoms with Crippen LogP contribution in [0.1, 0.15) is 17.3 Å². The van der Waals surface area contributed by atoms with Gasteiger partial charge in [0.05, 0.1) is 11.9 Å². The molecule has 5 nitrogen and oxygen atoms in total. The van der Waals surface area contributed by atoms with Crippen molar-refractivity contribution in [3.05, 3.63) is 64.8 Å². The smallest absolute Gasteiger partial charge is 0.256 e. The molecule has 0 fully saturated rings. The van der Waals surface area contributed by atoms with Gasteiger partial charge < -0.3 is 9.73 Å². The second kappa shape index (κ2) is 8.33. The van der Waals surface area contributed by atoms with Crippen molar-refractivity contribution in [3.8, 4) is 11.3 Å². The number of carbonyl (C=O) groups is 2. The van der Waals surface area contributed by atoms with E-state index in [1.54, 1.807) is 30.5 Å². The van der Waals surface area contributed by atoms with Gasteiger partial charge in [-0.2, -0.15) is 0 Å². The minimum absolute atomic E-state index is 0.0460. The monoisotopic (exact) mass is 430 g/mol. The highest BCUT2D eigenvalue weighted by atomic mass is 79.9. The number of halogens is 1. The molecule has 2 aromatic carbocycles. The first-order valence-corrected chi connectivity index (χ1v) is 9.54. The number of anilines is 1. The SMILES string of the molecule is CC(=O)c1cccc(NC(=O)CSc2ncc(-c3cccc(Br)c3)o2)c1. The van der Waals surface area contributed by atoms with Crippen LogP contribution in [0.2, 0.25) is 0 Å². The molecule has 3 rings (SSSR count). The predicted octanol–water partition coefficient (Wildman–Crippen LogP) is 5.04. The Bertz CT molecular complexity index is 955. The number of Topliss-reactive ketones (excluding diaryl/α,β-unsaturated/α-hetero) is 1. The molecule has 0 atom stereocenters. The molecule has 0 bridgehead atoms. The molecule has 0 aliphatic rings. The van der Waals surface area contributed by atoms with Gasteiger partial charge in [0.25, 0.3) is 5.22 Å². The first kappa shape index (κ1) is 18.4. The first-order valence-electron chi connectivity index (χ1n) is 7.77. The van der Waals surface area contributed by atoms with Crippen LogP contribution in [0, 0.1) is 0 Å². The predicted molar refractivity (Wildman–Crippen MR) is 105 cm³/mol. The van der Waals surface area contributed by atoms with Crippen LogP contribution < -0.4 is 5.32 Å². The fourth-order valence-corrected chi connectivity index (χ4v) is 3.24. The molecule has 1 aromatic heterocycles. The molecule has 0 aliphatic heterocycles. The van der Waals surface area contributed by atoms with Crippen molar-refractivity contribution in [3.63, 3.8) is 0 Å². The van der Waals surface area contributed by atoms with Gasteiger partial charge in [0.1, 0.15) is 0 Å². The van der Waals surface area contributed by atoms with Crippen LogP contribution in [0.4, 0.5) is 5.69 Å². The third-order valence-corrected chi connectivity index (χ3v) is 4.81. The van der Waals surface area contributed by atoms with Gasteiger partial charge >= 0.3 is 0 Å². The molecule has 0 aliphatic carbocycles. The number of carbonyl (C=O) groups excluding carboxylic acids is 2. The lowest BCUT2D eigenvalue weighted by atomic mass is 10.1. The summed E-state index contributed by atoms with van der Waals surface area (Å²) in [5.74, 6) is 0.555. The second-order valence-electron chi connectivity index (χ2n) is 5.47. The first-order chi connectivity index (χ1) is 12.5. The maximum Gasteiger partial charge on any atom is 0.256 e. The van der Waals surface area contributed by atoms with Crippen LogP contribution >= 0.6 is 27.7 Å². The topological polar surface area (TPSA) is 72.2 Å². The molecule has 26 heavy (non-hydrogen) atoms. The lowest BCUT2D eigenvalue weighted by molar-refractivity contribution is -0.113. The zero-order valence-corrected chi connectivity index (χ0v) is 16.3. The van der Waals surface area contributed by atoms with E-state index in [9.17, 15) is 9.59 Å². The van der Waals surface area contributed by atoms with E-state index in [1.807, 2.05) is 24.3 Å². The summed E-state index contributed by atoms with van der Waals surface area (Å²) >= 11 is 4.63. The fourth-order valence-electron chi connectivity index (χ4n) is 2.24. The van der Waals surface area contributed by atoms with Gasteiger partial charge in [-0.25, -0.2) is 4.98 Å². The summed E-state index contributed by atoms with van der Waals surface area (Å²) < 4.78 is 6.63. The largest absolute Gasteiger partial charge is 0.431 e. The highest BCUT2D eigenvalue weighted by Gasteiger charge is 2.11. The Morgan fingerprint density at radius 2 is 2.00 bits per heavy atom. The zero-order chi connectivity index (χ0) is 18.5. The fraction of sp³-hybridized carbons (Fsp3) is 0.105.